The molecule has 1 fully saturated rings. The summed E-state index contributed by atoms with van der Waals surface area (Å²) in [6.07, 6.45) is 1.24. The molecule has 0 spiro atoms. The zero-order chi connectivity index (χ0) is 12.7. The lowest BCUT2D eigenvalue weighted by atomic mass is 9.80. The summed E-state index contributed by atoms with van der Waals surface area (Å²) in [4.78, 5) is 0. The second kappa shape index (κ2) is 6.69. The van der Waals surface area contributed by atoms with E-state index >= 15 is 0 Å². The van der Waals surface area contributed by atoms with Crippen LogP contribution >= 0.6 is 24.8 Å². The third-order valence-corrected chi connectivity index (χ3v) is 4.46. The van der Waals surface area contributed by atoms with Crippen molar-refractivity contribution in [1.82, 2.24) is 5.32 Å². The van der Waals surface area contributed by atoms with Crippen molar-refractivity contribution in [3.63, 3.8) is 0 Å². The van der Waals surface area contributed by atoms with E-state index in [1.165, 1.54) is 23.2 Å². The molecule has 2 aliphatic rings. The molecule has 0 unspecified atom stereocenters. The highest BCUT2D eigenvalue weighted by molar-refractivity contribution is 5.85. The van der Waals surface area contributed by atoms with Crippen molar-refractivity contribution in [1.29, 1.82) is 0 Å². The lowest BCUT2D eigenvalue weighted by Gasteiger charge is -2.37. The SMILES string of the molecule is Cl.Cl.c1ccc([C@@H]2Nc3ccccc3[C@@H]3NCC[C@H]23)cc1. The molecule has 21 heavy (non-hydrogen) atoms. The number of anilines is 1. The molecule has 4 rings (SSSR count). The van der Waals surface area contributed by atoms with Gasteiger partial charge in [0.2, 0.25) is 0 Å². The largest absolute Gasteiger partial charge is 0.378 e. The maximum atomic E-state index is 3.74. The number of para-hydroxylation sites is 1. The van der Waals surface area contributed by atoms with Gasteiger partial charge in [-0.1, -0.05) is 48.5 Å². The Morgan fingerprint density at radius 2 is 1.52 bits per heavy atom. The van der Waals surface area contributed by atoms with Crippen LogP contribution in [-0.4, -0.2) is 6.54 Å². The predicted molar refractivity (Wildman–Crippen MR) is 92.6 cm³/mol. The molecule has 112 valence electrons. The Balaban J connectivity index is 0.000000807. The summed E-state index contributed by atoms with van der Waals surface area (Å²) >= 11 is 0. The van der Waals surface area contributed by atoms with Crippen molar-refractivity contribution in [2.75, 3.05) is 11.9 Å². The minimum absolute atomic E-state index is 0. The van der Waals surface area contributed by atoms with E-state index in [0.717, 1.165) is 6.54 Å². The first-order chi connectivity index (χ1) is 9.43. The smallest absolute Gasteiger partial charge is 0.0560 e. The number of benzene rings is 2. The van der Waals surface area contributed by atoms with Crippen molar-refractivity contribution in [2.24, 2.45) is 5.92 Å². The molecule has 0 bridgehead atoms. The van der Waals surface area contributed by atoms with Gasteiger partial charge in [-0.2, -0.15) is 0 Å². The first-order valence-electron chi connectivity index (χ1n) is 7.07. The Morgan fingerprint density at radius 1 is 0.810 bits per heavy atom. The van der Waals surface area contributed by atoms with E-state index in [9.17, 15) is 0 Å². The van der Waals surface area contributed by atoms with Crippen molar-refractivity contribution in [3.05, 3.63) is 65.7 Å². The summed E-state index contributed by atoms with van der Waals surface area (Å²) in [7, 11) is 0. The fourth-order valence-corrected chi connectivity index (χ4v) is 3.59. The third-order valence-electron chi connectivity index (χ3n) is 4.46. The van der Waals surface area contributed by atoms with Crippen LogP contribution < -0.4 is 10.6 Å². The van der Waals surface area contributed by atoms with Crippen LogP contribution in [0.15, 0.2) is 54.6 Å². The molecular formula is C17H20Cl2N2. The zero-order valence-corrected chi connectivity index (χ0v) is 13.3. The molecule has 1 saturated heterocycles. The van der Waals surface area contributed by atoms with Crippen LogP contribution in [0, 0.1) is 5.92 Å². The normalized spacial score (nSPS) is 25.6. The van der Waals surface area contributed by atoms with Gasteiger partial charge in [0, 0.05) is 17.6 Å². The number of fused-ring (bicyclic) bond motifs is 3. The summed E-state index contributed by atoms with van der Waals surface area (Å²) in [5, 5.41) is 7.42. The fraction of sp³-hybridized carbons (Fsp3) is 0.294. The van der Waals surface area contributed by atoms with Gasteiger partial charge in [0.15, 0.2) is 0 Å². The summed E-state index contributed by atoms with van der Waals surface area (Å²) in [6, 6.07) is 20.5. The average molecular weight is 323 g/mol. The van der Waals surface area contributed by atoms with Crippen molar-refractivity contribution >= 4 is 30.5 Å². The maximum Gasteiger partial charge on any atom is 0.0560 e. The van der Waals surface area contributed by atoms with Crippen LogP contribution in [0.4, 0.5) is 5.69 Å². The van der Waals surface area contributed by atoms with Crippen LogP contribution in [0.3, 0.4) is 0 Å². The number of rotatable bonds is 1. The molecular weight excluding hydrogens is 303 g/mol. The second-order valence-electron chi connectivity index (χ2n) is 5.50. The lowest BCUT2D eigenvalue weighted by molar-refractivity contribution is 0.391. The zero-order valence-electron chi connectivity index (χ0n) is 11.7. The van der Waals surface area contributed by atoms with Gasteiger partial charge >= 0.3 is 0 Å². The van der Waals surface area contributed by atoms with Crippen LogP contribution in [0.1, 0.15) is 29.6 Å². The van der Waals surface area contributed by atoms with Crippen molar-refractivity contribution in [3.8, 4) is 0 Å². The summed E-state index contributed by atoms with van der Waals surface area (Å²) in [5.74, 6) is 0.650. The molecule has 4 heteroatoms. The Hall–Kier alpha value is -1.22. The fourth-order valence-electron chi connectivity index (χ4n) is 3.59. The summed E-state index contributed by atoms with van der Waals surface area (Å²) in [6.45, 7) is 1.12. The maximum absolute atomic E-state index is 3.74. The molecule has 2 aliphatic heterocycles. The van der Waals surface area contributed by atoms with Crippen LogP contribution in [-0.2, 0) is 0 Å². The van der Waals surface area contributed by atoms with Gasteiger partial charge in [0.25, 0.3) is 0 Å². The van der Waals surface area contributed by atoms with E-state index < -0.39 is 0 Å². The van der Waals surface area contributed by atoms with E-state index in [-0.39, 0.29) is 24.8 Å². The number of halogens is 2. The summed E-state index contributed by atoms with van der Waals surface area (Å²) < 4.78 is 0. The highest BCUT2D eigenvalue weighted by Gasteiger charge is 2.39. The van der Waals surface area contributed by atoms with Crippen LogP contribution in [0.25, 0.3) is 0 Å². The molecule has 3 atom stereocenters. The molecule has 2 N–H and O–H groups in total. The molecule has 2 nitrogen and oxygen atoms in total. The quantitative estimate of drug-likeness (QED) is 0.815. The number of nitrogens with one attached hydrogen (secondary N) is 2. The number of hydrogen-bond donors (Lipinski definition) is 2. The lowest BCUT2D eigenvalue weighted by Crippen LogP contribution is -2.32. The first-order valence-corrected chi connectivity index (χ1v) is 7.07. The topological polar surface area (TPSA) is 24.1 Å². The summed E-state index contributed by atoms with van der Waals surface area (Å²) in [5.41, 5.74) is 4.11. The van der Waals surface area contributed by atoms with Gasteiger partial charge in [-0.25, -0.2) is 0 Å². The van der Waals surface area contributed by atoms with Crippen molar-refractivity contribution < 1.29 is 0 Å². The van der Waals surface area contributed by atoms with Gasteiger partial charge in [-0.15, -0.1) is 24.8 Å². The first kappa shape index (κ1) is 16.2. The molecule has 0 aliphatic carbocycles. The highest BCUT2D eigenvalue weighted by atomic mass is 35.5. The van der Waals surface area contributed by atoms with E-state index in [4.69, 9.17) is 0 Å². The minimum atomic E-state index is 0. The predicted octanol–water partition coefficient (Wildman–Crippen LogP) is 4.35. The van der Waals surface area contributed by atoms with Gasteiger partial charge in [-0.3, -0.25) is 0 Å². The molecule has 2 heterocycles. The Morgan fingerprint density at radius 3 is 2.33 bits per heavy atom. The molecule has 0 amide bonds. The van der Waals surface area contributed by atoms with E-state index in [1.807, 2.05) is 0 Å². The monoisotopic (exact) mass is 322 g/mol. The van der Waals surface area contributed by atoms with E-state index in [1.54, 1.807) is 0 Å². The van der Waals surface area contributed by atoms with Crippen molar-refractivity contribution in [2.45, 2.75) is 18.5 Å². The Bertz CT molecular complexity index is 588. The van der Waals surface area contributed by atoms with Crippen LogP contribution in [0.5, 0.6) is 0 Å². The number of hydrogen-bond acceptors (Lipinski definition) is 2. The second-order valence-corrected chi connectivity index (χ2v) is 5.50. The Kier molecular flexibility index (Phi) is 5.15. The molecule has 2 aromatic carbocycles. The van der Waals surface area contributed by atoms with Gasteiger partial charge in [0.05, 0.1) is 6.04 Å². The Labute approximate surface area is 138 Å². The molecule has 0 saturated carbocycles. The van der Waals surface area contributed by atoms with Gasteiger partial charge < -0.3 is 10.6 Å². The van der Waals surface area contributed by atoms with Crippen LogP contribution in [0.2, 0.25) is 0 Å². The standard InChI is InChI=1S/C17H18N2.2ClH/c1-2-6-12(7-3-1)16-14-10-11-18-17(14)13-8-4-5-9-15(13)19-16;;/h1-9,14,16-19H,10-11H2;2*1H/t14-,16+,17+;;/m1../s1. The molecule has 0 aromatic heterocycles. The van der Waals surface area contributed by atoms with Gasteiger partial charge in [0.1, 0.15) is 0 Å². The van der Waals surface area contributed by atoms with E-state index in [2.05, 4.69) is 65.2 Å². The molecule has 2 aromatic rings. The molecule has 0 radical (unpaired) electrons. The average Bonchev–Trinajstić information content (AvgIpc) is 2.97. The highest BCUT2D eigenvalue weighted by Crippen LogP contribution is 2.46. The van der Waals surface area contributed by atoms with E-state index in [0.29, 0.717) is 18.0 Å². The van der Waals surface area contributed by atoms with Gasteiger partial charge in [-0.05, 0) is 30.2 Å². The third kappa shape index (κ3) is 2.76. The minimum Gasteiger partial charge on any atom is -0.378 e.